The van der Waals surface area contributed by atoms with Crippen molar-refractivity contribution in [3.05, 3.63) is 64.7 Å². The molecule has 0 spiro atoms. The van der Waals surface area contributed by atoms with Gasteiger partial charge < -0.3 is 14.7 Å². The van der Waals surface area contributed by atoms with Crippen LogP contribution in [-0.2, 0) is 22.6 Å². The van der Waals surface area contributed by atoms with E-state index in [-0.39, 0.29) is 18.9 Å². The van der Waals surface area contributed by atoms with Gasteiger partial charge in [-0.3, -0.25) is 9.59 Å². The van der Waals surface area contributed by atoms with Gasteiger partial charge in [0.05, 0.1) is 12.5 Å². The summed E-state index contributed by atoms with van der Waals surface area (Å²) < 4.78 is 5.92. The van der Waals surface area contributed by atoms with Gasteiger partial charge in [-0.25, -0.2) is 0 Å². The number of rotatable bonds is 8. The van der Waals surface area contributed by atoms with Crippen molar-refractivity contribution in [2.75, 3.05) is 13.2 Å². The van der Waals surface area contributed by atoms with Crippen LogP contribution in [0.4, 0.5) is 0 Å². The molecule has 0 saturated carbocycles. The zero-order chi connectivity index (χ0) is 19.2. The first kappa shape index (κ1) is 19.2. The molecule has 1 atom stereocenters. The number of hydrogen-bond donors (Lipinski definition) is 1. The highest BCUT2D eigenvalue weighted by atomic mass is 35.5. The van der Waals surface area contributed by atoms with Gasteiger partial charge in [-0.15, -0.1) is 0 Å². The number of carboxylic acid groups (broad SMARTS) is 1. The Morgan fingerprint density at radius 1 is 1.22 bits per heavy atom. The molecular formula is C21H22ClNO4. The summed E-state index contributed by atoms with van der Waals surface area (Å²) in [6.45, 7) is 1.07. The average molecular weight is 388 g/mol. The molecule has 1 unspecified atom stereocenters. The summed E-state index contributed by atoms with van der Waals surface area (Å²) in [4.78, 5) is 24.8. The van der Waals surface area contributed by atoms with Crippen LogP contribution in [0.1, 0.15) is 24.0 Å². The van der Waals surface area contributed by atoms with Crippen LogP contribution in [0.2, 0.25) is 5.02 Å². The quantitative estimate of drug-likeness (QED) is 0.700. The monoisotopic (exact) mass is 387 g/mol. The SMILES string of the molecule is O=C(O)C1CC(=O)N(Cc2cc(Cl)ccc2OCCCc2ccccc2)C1. The molecule has 2 aromatic carbocycles. The number of halogens is 1. The Morgan fingerprint density at radius 3 is 2.70 bits per heavy atom. The van der Waals surface area contributed by atoms with Gasteiger partial charge in [-0.1, -0.05) is 41.9 Å². The second-order valence-electron chi connectivity index (χ2n) is 6.70. The summed E-state index contributed by atoms with van der Waals surface area (Å²) in [5.74, 6) is -1.06. The molecule has 1 amide bonds. The van der Waals surface area contributed by atoms with Crippen LogP contribution in [0.15, 0.2) is 48.5 Å². The van der Waals surface area contributed by atoms with E-state index < -0.39 is 11.9 Å². The third-order valence-electron chi connectivity index (χ3n) is 4.66. The number of carbonyl (C=O) groups is 2. The van der Waals surface area contributed by atoms with E-state index in [1.165, 1.54) is 5.56 Å². The molecule has 27 heavy (non-hydrogen) atoms. The summed E-state index contributed by atoms with van der Waals surface area (Å²) in [5.41, 5.74) is 2.06. The standard InChI is InChI=1S/C21H22ClNO4/c22-18-8-9-19(27-10-4-7-15-5-2-1-3-6-15)16(11-18)13-23-14-17(21(25)26)12-20(23)24/h1-3,5-6,8-9,11,17H,4,7,10,12-14H2,(H,25,26). The first-order valence-corrected chi connectivity index (χ1v) is 9.36. The number of aliphatic carboxylic acids is 1. The predicted octanol–water partition coefficient (Wildman–Crippen LogP) is 3.78. The van der Waals surface area contributed by atoms with Crippen molar-refractivity contribution in [1.82, 2.24) is 4.90 Å². The molecule has 1 saturated heterocycles. The van der Waals surface area contributed by atoms with Gasteiger partial charge in [-0.05, 0) is 36.6 Å². The normalized spacial score (nSPS) is 16.6. The van der Waals surface area contributed by atoms with Crippen molar-refractivity contribution in [3.8, 4) is 5.75 Å². The van der Waals surface area contributed by atoms with Crippen molar-refractivity contribution in [1.29, 1.82) is 0 Å². The molecule has 6 heteroatoms. The predicted molar refractivity (Wildman–Crippen MR) is 103 cm³/mol. The topological polar surface area (TPSA) is 66.8 Å². The number of benzene rings is 2. The van der Waals surface area contributed by atoms with Crippen LogP contribution < -0.4 is 4.74 Å². The van der Waals surface area contributed by atoms with Gasteiger partial charge in [0.25, 0.3) is 0 Å². The van der Waals surface area contributed by atoms with Crippen LogP contribution in [0.25, 0.3) is 0 Å². The van der Waals surface area contributed by atoms with E-state index in [0.717, 1.165) is 18.4 Å². The van der Waals surface area contributed by atoms with Gasteiger partial charge in [0.1, 0.15) is 5.75 Å². The first-order chi connectivity index (χ1) is 13.0. The fourth-order valence-corrected chi connectivity index (χ4v) is 3.41. The second kappa shape index (κ2) is 8.91. The number of aryl methyl sites for hydroxylation is 1. The summed E-state index contributed by atoms with van der Waals surface area (Å²) in [5, 5.41) is 9.68. The van der Waals surface area contributed by atoms with E-state index in [9.17, 15) is 9.59 Å². The van der Waals surface area contributed by atoms with E-state index in [1.54, 1.807) is 23.1 Å². The zero-order valence-corrected chi connectivity index (χ0v) is 15.7. The lowest BCUT2D eigenvalue weighted by Crippen LogP contribution is -2.26. The van der Waals surface area contributed by atoms with Crippen molar-refractivity contribution in [2.45, 2.75) is 25.8 Å². The van der Waals surface area contributed by atoms with Crippen molar-refractivity contribution in [3.63, 3.8) is 0 Å². The molecule has 1 N–H and O–H groups in total. The third kappa shape index (κ3) is 5.23. The van der Waals surface area contributed by atoms with Gasteiger partial charge in [0.2, 0.25) is 5.91 Å². The molecule has 3 rings (SSSR count). The summed E-state index contributed by atoms with van der Waals surface area (Å²) in [6, 6.07) is 15.5. The van der Waals surface area contributed by atoms with Crippen LogP contribution >= 0.6 is 11.6 Å². The number of likely N-dealkylation sites (tertiary alicyclic amines) is 1. The van der Waals surface area contributed by atoms with E-state index in [0.29, 0.717) is 23.9 Å². The zero-order valence-electron chi connectivity index (χ0n) is 14.9. The summed E-state index contributed by atoms with van der Waals surface area (Å²) >= 11 is 6.11. The molecule has 5 nitrogen and oxygen atoms in total. The molecule has 0 aromatic heterocycles. The number of nitrogens with zero attached hydrogens (tertiary/aromatic N) is 1. The smallest absolute Gasteiger partial charge is 0.308 e. The second-order valence-corrected chi connectivity index (χ2v) is 7.14. The fourth-order valence-electron chi connectivity index (χ4n) is 3.21. The molecule has 0 aliphatic carbocycles. The number of ether oxygens (including phenoxy) is 1. The maximum atomic E-state index is 12.1. The highest BCUT2D eigenvalue weighted by molar-refractivity contribution is 6.30. The minimum atomic E-state index is -0.936. The molecule has 1 aliphatic heterocycles. The maximum Gasteiger partial charge on any atom is 0.308 e. The molecular weight excluding hydrogens is 366 g/mol. The van der Waals surface area contributed by atoms with Gasteiger partial charge >= 0.3 is 5.97 Å². The van der Waals surface area contributed by atoms with Gasteiger partial charge in [0.15, 0.2) is 0 Å². The Hall–Kier alpha value is -2.53. The molecule has 142 valence electrons. The van der Waals surface area contributed by atoms with Gasteiger partial charge in [0, 0.05) is 30.1 Å². The number of hydrogen-bond acceptors (Lipinski definition) is 3. The number of carbonyl (C=O) groups excluding carboxylic acids is 1. The van der Waals surface area contributed by atoms with Crippen molar-refractivity contribution >= 4 is 23.5 Å². The lowest BCUT2D eigenvalue weighted by atomic mass is 10.1. The summed E-state index contributed by atoms with van der Waals surface area (Å²) in [6.07, 6.45) is 1.84. The fraction of sp³-hybridized carbons (Fsp3) is 0.333. The molecule has 2 aromatic rings. The first-order valence-electron chi connectivity index (χ1n) is 8.98. The lowest BCUT2D eigenvalue weighted by molar-refractivity contribution is -0.141. The molecule has 0 bridgehead atoms. The summed E-state index contributed by atoms with van der Waals surface area (Å²) in [7, 11) is 0. The minimum absolute atomic E-state index is 0.0448. The molecule has 1 heterocycles. The largest absolute Gasteiger partial charge is 0.493 e. The molecule has 0 radical (unpaired) electrons. The van der Waals surface area contributed by atoms with Crippen molar-refractivity contribution < 1.29 is 19.4 Å². The Balaban J connectivity index is 1.59. The van der Waals surface area contributed by atoms with E-state index in [1.807, 2.05) is 18.2 Å². The Labute approximate surface area is 163 Å². The van der Waals surface area contributed by atoms with Crippen LogP contribution in [0, 0.1) is 5.92 Å². The van der Waals surface area contributed by atoms with Crippen molar-refractivity contribution in [2.24, 2.45) is 5.92 Å². The van der Waals surface area contributed by atoms with Crippen LogP contribution in [-0.4, -0.2) is 35.0 Å². The highest BCUT2D eigenvalue weighted by Gasteiger charge is 2.34. The Kier molecular flexibility index (Phi) is 6.35. The Bertz CT molecular complexity index is 809. The number of amides is 1. The Morgan fingerprint density at radius 2 is 2.00 bits per heavy atom. The molecule has 1 fully saturated rings. The lowest BCUT2D eigenvalue weighted by Gasteiger charge is -2.19. The number of carboxylic acids is 1. The van der Waals surface area contributed by atoms with Gasteiger partial charge in [-0.2, -0.15) is 0 Å². The van der Waals surface area contributed by atoms with E-state index in [4.69, 9.17) is 21.4 Å². The third-order valence-corrected chi connectivity index (χ3v) is 4.89. The average Bonchev–Trinajstić information content (AvgIpc) is 3.02. The van der Waals surface area contributed by atoms with E-state index >= 15 is 0 Å². The molecule has 1 aliphatic rings. The van der Waals surface area contributed by atoms with Crippen LogP contribution in [0.3, 0.4) is 0 Å². The van der Waals surface area contributed by atoms with Crippen LogP contribution in [0.5, 0.6) is 5.75 Å². The highest BCUT2D eigenvalue weighted by Crippen LogP contribution is 2.27. The minimum Gasteiger partial charge on any atom is -0.493 e. The van der Waals surface area contributed by atoms with E-state index in [2.05, 4.69) is 12.1 Å². The maximum absolute atomic E-state index is 12.1.